The number of methoxy groups -OCH3 is 1. The Hall–Kier alpha value is -1.56. The van der Waals surface area contributed by atoms with Gasteiger partial charge in [-0.3, -0.25) is 10.1 Å². The summed E-state index contributed by atoms with van der Waals surface area (Å²) in [5.41, 5.74) is 0.846. The summed E-state index contributed by atoms with van der Waals surface area (Å²) in [6.45, 7) is 4.14. The van der Waals surface area contributed by atoms with Gasteiger partial charge in [0.2, 0.25) is 5.70 Å². The molecule has 19 heavy (non-hydrogen) atoms. The lowest BCUT2D eigenvalue weighted by atomic mass is 10.1. The molecular weight excluding hydrogens is 314 g/mol. The van der Waals surface area contributed by atoms with E-state index in [1.54, 1.807) is 19.1 Å². The van der Waals surface area contributed by atoms with Crippen molar-refractivity contribution in [2.45, 2.75) is 20.3 Å². The van der Waals surface area contributed by atoms with Gasteiger partial charge >= 0.3 is 0 Å². The van der Waals surface area contributed by atoms with Gasteiger partial charge in [-0.1, -0.05) is 6.92 Å². The van der Waals surface area contributed by atoms with Crippen LogP contribution in [0.4, 0.5) is 0 Å². The number of nitrogens with zero attached hydrogens (tertiary/aromatic N) is 1. The highest BCUT2D eigenvalue weighted by molar-refractivity contribution is 9.10. The standard InChI is InChI=1S/C13H16BrNO4/c1-4-10(15(16)17)6-9-7-11(14)13(19-5-2)12(8-9)18-3/h6-8H,4-5H2,1-3H3. The molecule has 1 rings (SSSR count). The molecule has 0 aliphatic rings. The molecule has 0 spiro atoms. The number of benzene rings is 1. The number of allylic oxidation sites excluding steroid dienone is 1. The molecule has 0 saturated carbocycles. The number of ether oxygens (including phenoxy) is 2. The third-order valence-corrected chi connectivity index (χ3v) is 3.06. The van der Waals surface area contributed by atoms with E-state index in [0.717, 1.165) is 0 Å². The maximum Gasteiger partial charge on any atom is 0.246 e. The minimum Gasteiger partial charge on any atom is -0.493 e. The lowest BCUT2D eigenvalue weighted by Gasteiger charge is -2.12. The van der Waals surface area contributed by atoms with Crippen molar-refractivity contribution in [1.82, 2.24) is 0 Å². The van der Waals surface area contributed by atoms with Gasteiger partial charge in [0.05, 0.1) is 23.1 Å². The molecule has 0 atom stereocenters. The first kappa shape index (κ1) is 15.5. The van der Waals surface area contributed by atoms with E-state index < -0.39 is 0 Å². The molecule has 0 N–H and O–H groups in total. The largest absolute Gasteiger partial charge is 0.493 e. The molecule has 0 heterocycles. The zero-order chi connectivity index (χ0) is 14.4. The van der Waals surface area contributed by atoms with Gasteiger partial charge in [0.1, 0.15) is 0 Å². The molecule has 0 radical (unpaired) electrons. The smallest absolute Gasteiger partial charge is 0.246 e. The summed E-state index contributed by atoms with van der Waals surface area (Å²) in [6.07, 6.45) is 1.89. The first-order valence-electron chi connectivity index (χ1n) is 5.88. The van der Waals surface area contributed by atoms with Crippen molar-refractivity contribution in [2.75, 3.05) is 13.7 Å². The van der Waals surface area contributed by atoms with Gasteiger partial charge in [-0.2, -0.15) is 0 Å². The molecule has 0 unspecified atom stereocenters. The highest BCUT2D eigenvalue weighted by atomic mass is 79.9. The molecule has 0 saturated heterocycles. The summed E-state index contributed by atoms with van der Waals surface area (Å²) in [5, 5.41) is 10.8. The predicted molar refractivity (Wildman–Crippen MR) is 77.1 cm³/mol. The second-order valence-electron chi connectivity index (χ2n) is 3.71. The third kappa shape index (κ3) is 3.96. The zero-order valence-electron chi connectivity index (χ0n) is 11.1. The highest BCUT2D eigenvalue weighted by Crippen LogP contribution is 2.37. The minimum atomic E-state index is -0.378. The second kappa shape index (κ2) is 7.13. The van der Waals surface area contributed by atoms with Crippen molar-refractivity contribution in [2.24, 2.45) is 0 Å². The monoisotopic (exact) mass is 329 g/mol. The Labute approximate surface area is 120 Å². The Morgan fingerprint density at radius 1 is 1.47 bits per heavy atom. The van der Waals surface area contributed by atoms with Gasteiger partial charge in [0.15, 0.2) is 11.5 Å². The summed E-state index contributed by atoms with van der Waals surface area (Å²) in [4.78, 5) is 10.4. The molecule has 104 valence electrons. The maximum atomic E-state index is 10.8. The Morgan fingerprint density at radius 3 is 2.63 bits per heavy atom. The minimum absolute atomic E-state index is 0.151. The normalized spacial score (nSPS) is 11.3. The van der Waals surface area contributed by atoms with E-state index in [4.69, 9.17) is 9.47 Å². The fourth-order valence-electron chi connectivity index (χ4n) is 1.58. The van der Waals surface area contributed by atoms with Crippen LogP contribution in [0.2, 0.25) is 0 Å². The van der Waals surface area contributed by atoms with Crippen LogP contribution < -0.4 is 9.47 Å². The first-order valence-corrected chi connectivity index (χ1v) is 6.68. The Morgan fingerprint density at radius 2 is 2.16 bits per heavy atom. The van der Waals surface area contributed by atoms with Crippen molar-refractivity contribution >= 4 is 22.0 Å². The van der Waals surface area contributed by atoms with E-state index >= 15 is 0 Å². The van der Waals surface area contributed by atoms with E-state index in [1.165, 1.54) is 13.2 Å². The Kier molecular flexibility index (Phi) is 5.82. The van der Waals surface area contributed by atoms with E-state index in [0.29, 0.717) is 34.6 Å². The molecule has 0 fully saturated rings. The average molecular weight is 330 g/mol. The van der Waals surface area contributed by atoms with Gasteiger partial charge in [0.25, 0.3) is 0 Å². The average Bonchev–Trinajstić information content (AvgIpc) is 2.38. The number of hydrogen-bond donors (Lipinski definition) is 0. The highest BCUT2D eigenvalue weighted by Gasteiger charge is 2.13. The van der Waals surface area contributed by atoms with Crippen LogP contribution in [0.1, 0.15) is 25.8 Å². The molecule has 0 amide bonds. The van der Waals surface area contributed by atoms with Crippen LogP contribution in [0.3, 0.4) is 0 Å². The molecule has 5 nitrogen and oxygen atoms in total. The number of rotatable bonds is 6. The number of nitro groups is 1. The van der Waals surface area contributed by atoms with Crippen LogP contribution in [0.25, 0.3) is 6.08 Å². The van der Waals surface area contributed by atoms with Gasteiger partial charge in [-0.15, -0.1) is 0 Å². The Bertz CT molecular complexity index is 500. The molecule has 0 aliphatic carbocycles. The summed E-state index contributed by atoms with van der Waals surface area (Å²) >= 11 is 3.38. The maximum absolute atomic E-state index is 10.8. The number of hydrogen-bond acceptors (Lipinski definition) is 4. The van der Waals surface area contributed by atoms with Gasteiger partial charge in [-0.05, 0) is 40.5 Å². The molecule has 1 aromatic carbocycles. The van der Waals surface area contributed by atoms with Crippen molar-refractivity contribution in [3.05, 3.63) is 38.0 Å². The van der Waals surface area contributed by atoms with Crippen LogP contribution in [0.15, 0.2) is 22.3 Å². The van der Waals surface area contributed by atoms with Gasteiger partial charge < -0.3 is 9.47 Å². The molecule has 1 aromatic rings. The predicted octanol–water partition coefficient (Wildman–Crippen LogP) is 3.88. The van der Waals surface area contributed by atoms with Crippen LogP contribution in [0, 0.1) is 10.1 Å². The quantitative estimate of drug-likeness (QED) is 0.586. The van der Waals surface area contributed by atoms with Gasteiger partial charge in [0, 0.05) is 12.5 Å². The van der Waals surface area contributed by atoms with Crippen LogP contribution >= 0.6 is 15.9 Å². The van der Waals surface area contributed by atoms with E-state index in [9.17, 15) is 10.1 Å². The Balaban J connectivity index is 3.25. The summed E-state index contributed by atoms with van der Waals surface area (Å²) in [5.74, 6) is 1.14. The fraction of sp³-hybridized carbons (Fsp3) is 0.385. The SMILES string of the molecule is CCOc1c(Br)cc(C=C(CC)[N+](=O)[O-])cc1OC. The van der Waals surface area contributed by atoms with Crippen LogP contribution in [-0.4, -0.2) is 18.6 Å². The van der Waals surface area contributed by atoms with E-state index in [1.807, 2.05) is 6.92 Å². The molecule has 0 aromatic heterocycles. The van der Waals surface area contributed by atoms with Crippen LogP contribution in [-0.2, 0) is 0 Å². The molecule has 0 bridgehead atoms. The number of halogens is 1. The summed E-state index contributed by atoms with van der Waals surface area (Å²) in [6, 6.07) is 3.49. The lowest BCUT2D eigenvalue weighted by molar-refractivity contribution is -0.425. The fourth-order valence-corrected chi connectivity index (χ4v) is 2.16. The van der Waals surface area contributed by atoms with Crippen LogP contribution in [0.5, 0.6) is 11.5 Å². The zero-order valence-corrected chi connectivity index (χ0v) is 12.7. The second-order valence-corrected chi connectivity index (χ2v) is 4.57. The molecule has 6 heteroatoms. The van der Waals surface area contributed by atoms with Crippen molar-refractivity contribution in [3.63, 3.8) is 0 Å². The van der Waals surface area contributed by atoms with Crippen molar-refractivity contribution in [3.8, 4) is 11.5 Å². The van der Waals surface area contributed by atoms with E-state index in [-0.39, 0.29) is 10.6 Å². The molecular formula is C13H16BrNO4. The van der Waals surface area contributed by atoms with Gasteiger partial charge in [-0.25, -0.2) is 0 Å². The topological polar surface area (TPSA) is 61.6 Å². The summed E-state index contributed by atoms with van der Waals surface area (Å²) < 4.78 is 11.4. The molecule has 0 aliphatic heterocycles. The first-order chi connectivity index (χ1) is 9.03. The van der Waals surface area contributed by atoms with E-state index in [2.05, 4.69) is 15.9 Å². The lowest BCUT2D eigenvalue weighted by Crippen LogP contribution is -1.99. The van der Waals surface area contributed by atoms with Crippen molar-refractivity contribution < 1.29 is 14.4 Å². The van der Waals surface area contributed by atoms with Crippen molar-refractivity contribution in [1.29, 1.82) is 0 Å². The summed E-state index contributed by atoms with van der Waals surface area (Å²) in [7, 11) is 1.53. The third-order valence-electron chi connectivity index (χ3n) is 2.47.